The molecule has 4 heterocycles. The number of pyridine rings is 1. The van der Waals surface area contributed by atoms with Crippen LogP contribution >= 0.6 is 0 Å². The lowest BCUT2D eigenvalue weighted by Crippen LogP contribution is -2.45. The third kappa shape index (κ3) is 3.91. The Morgan fingerprint density at radius 2 is 1.94 bits per heavy atom. The second-order valence-corrected chi connectivity index (χ2v) is 9.76. The van der Waals surface area contributed by atoms with E-state index in [2.05, 4.69) is 52.3 Å². The summed E-state index contributed by atoms with van der Waals surface area (Å²) in [6, 6.07) is 22.4. The summed E-state index contributed by atoms with van der Waals surface area (Å²) in [6.07, 6.45) is 3.86. The van der Waals surface area contributed by atoms with Crippen molar-refractivity contribution >= 4 is 28.1 Å². The molecule has 1 saturated heterocycles. The molecule has 2 aromatic carbocycles. The van der Waals surface area contributed by atoms with Crippen molar-refractivity contribution in [3.05, 3.63) is 89.7 Å². The molecule has 5 aromatic rings. The molecule has 36 heavy (non-hydrogen) atoms. The highest BCUT2D eigenvalue weighted by molar-refractivity contribution is 5.95. The molecule has 3 aromatic heterocycles. The average molecular weight is 479 g/mol. The minimum absolute atomic E-state index is 0.0191. The van der Waals surface area contributed by atoms with Crippen LogP contribution in [0.25, 0.3) is 27.9 Å². The summed E-state index contributed by atoms with van der Waals surface area (Å²) in [4.78, 5) is 20.1. The van der Waals surface area contributed by atoms with Crippen LogP contribution in [0.2, 0.25) is 0 Å². The van der Waals surface area contributed by atoms with Gasteiger partial charge >= 0.3 is 0 Å². The number of benzene rings is 2. The van der Waals surface area contributed by atoms with Crippen LogP contribution < -0.4 is 11.5 Å². The Kier molecular flexibility index (Phi) is 5.49. The quantitative estimate of drug-likeness (QED) is 0.373. The van der Waals surface area contributed by atoms with Crippen molar-refractivity contribution in [3.8, 4) is 11.4 Å². The number of anilines is 1. The summed E-state index contributed by atoms with van der Waals surface area (Å²) in [5, 5.41) is 1.16. The number of rotatable bonds is 4. The number of nitrogens with zero attached hydrogens (tertiary/aromatic N) is 4. The summed E-state index contributed by atoms with van der Waals surface area (Å²) in [5.74, 6) is 0.0191. The zero-order chi connectivity index (χ0) is 24.8. The van der Waals surface area contributed by atoms with Crippen molar-refractivity contribution < 1.29 is 4.79 Å². The molecule has 7 nitrogen and oxygen atoms in total. The summed E-state index contributed by atoms with van der Waals surface area (Å²) in [7, 11) is 0. The minimum Gasteiger partial charge on any atom is -0.399 e. The van der Waals surface area contributed by atoms with Crippen LogP contribution in [0.3, 0.4) is 0 Å². The van der Waals surface area contributed by atoms with Gasteiger partial charge in [-0.25, -0.2) is 4.98 Å². The molecule has 0 spiro atoms. The number of nitrogen functional groups attached to an aromatic ring is 1. The fraction of sp³-hybridized carbons (Fsp3) is 0.241. The topological polar surface area (TPSA) is 94.6 Å². The summed E-state index contributed by atoms with van der Waals surface area (Å²) in [6.45, 7) is 4.11. The Labute approximate surface area is 209 Å². The van der Waals surface area contributed by atoms with Crippen LogP contribution in [0.1, 0.15) is 34.5 Å². The lowest BCUT2D eigenvalue weighted by atomic mass is 10.1. The van der Waals surface area contributed by atoms with E-state index in [0.717, 1.165) is 64.3 Å². The van der Waals surface area contributed by atoms with Gasteiger partial charge in [-0.2, -0.15) is 0 Å². The fourth-order valence-corrected chi connectivity index (χ4v) is 5.37. The molecule has 1 fully saturated rings. The standard InChI is InChI=1S/C29H30N6O/c1-19-28(32-27-16-22(11-13-34(19)27)29(36)33-12-5-9-24(31)18-33)26-15-21-7-2-3-10-25(21)35(26)17-20-6-4-8-23(30)14-20/h2-4,6-8,10-11,13-16,24H,5,9,12,17-18,30-31H2,1H3. The van der Waals surface area contributed by atoms with E-state index in [1.54, 1.807) is 0 Å². The number of para-hydroxylation sites is 1. The normalized spacial score (nSPS) is 16.2. The van der Waals surface area contributed by atoms with Crippen molar-refractivity contribution in [2.24, 2.45) is 5.73 Å². The predicted molar refractivity (Wildman–Crippen MR) is 144 cm³/mol. The minimum atomic E-state index is 0.0191. The van der Waals surface area contributed by atoms with E-state index in [4.69, 9.17) is 16.5 Å². The highest BCUT2D eigenvalue weighted by Crippen LogP contribution is 2.32. The molecule has 1 atom stereocenters. The Morgan fingerprint density at radius 1 is 1.08 bits per heavy atom. The Morgan fingerprint density at radius 3 is 2.78 bits per heavy atom. The monoisotopic (exact) mass is 478 g/mol. The SMILES string of the molecule is Cc1c(-c2cc3ccccc3n2Cc2cccc(N)c2)nc2cc(C(=O)N3CCCC(N)C3)ccn12. The molecule has 1 amide bonds. The average Bonchev–Trinajstić information content (AvgIpc) is 3.40. The number of hydrogen-bond acceptors (Lipinski definition) is 4. The second kappa shape index (κ2) is 8.84. The molecule has 1 unspecified atom stereocenters. The smallest absolute Gasteiger partial charge is 0.254 e. The van der Waals surface area contributed by atoms with Crippen LogP contribution in [0.5, 0.6) is 0 Å². The van der Waals surface area contributed by atoms with Gasteiger partial charge < -0.3 is 25.3 Å². The molecular formula is C29H30N6O. The van der Waals surface area contributed by atoms with E-state index in [1.165, 1.54) is 0 Å². The predicted octanol–water partition coefficient (Wildman–Crippen LogP) is 4.46. The van der Waals surface area contributed by atoms with E-state index < -0.39 is 0 Å². The molecule has 1 aliphatic heterocycles. The van der Waals surface area contributed by atoms with Crippen LogP contribution in [-0.4, -0.2) is 43.9 Å². The van der Waals surface area contributed by atoms with Crippen molar-refractivity contribution in [2.45, 2.75) is 32.4 Å². The van der Waals surface area contributed by atoms with Gasteiger partial charge in [0.2, 0.25) is 0 Å². The molecule has 7 heteroatoms. The first-order valence-electron chi connectivity index (χ1n) is 12.4. The first kappa shape index (κ1) is 22.4. The van der Waals surface area contributed by atoms with Gasteiger partial charge in [0.1, 0.15) is 11.3 Å². The molecule has 0 radical (unpaired) electrons. The number of carbonyl (C=O) groups is 1. The van der Waals surface area contributed by atoms with E-state index in [1.807, 2.05) is 41.4 Å². The maximum Gasteiger partial charge on any atom is 0.254 e. The van der Waals surface area contributed by atoms with Crippen molar-refractivity contribution in [1.82, 2.24) is 18.9 Å². The number of nitrogens with two attached hydrogens (primary N) is 2. The zero-order valence-electron chi connectivity index (χ0n) is 20.4. The van der Waals surface area contributed by atoms with Gasteiger partial charge in [0.15, 0.2) is 0 Å². The summed E-state index contributed by atoms with van der Waals surface area (Å²) in [5.41, 5.74) is 19.6. The van der Waals surface area contributed by atoms with Gasteiger partial charge in [0.25, 0.3) is 5.91 Å². The van der Waals surface area contributed by atoms with Gasteiger partial charge in [-0.15, -0.1) is 0 Å². The Hall–Kier alpha value is -4.10. The Bertz CT molecular complexity index is 1600. The van der Waals surface area contributed by atoms with Crippen molar-refractivity contribution in [3.63, 3.8) is 0 Å². The van der Waals surface area contributed by atoms with Gasteiger partial charge in [-0.1, -0.05) is 30.3 Å². The number of amides is 1. The molecule has 6 rings (SSSR count). The zero-order valence-corrected chi connectivity index (χ0v) is 20.4. The van der Waals surface area contributed by atoms with Crippen molar-refractivity contribution in [2.75, 3.05) is 18.8 Å². The van der Waals surface area contributed by atoms with E-state index in [0.29, 0.717) is 18.7 Å². The van der Waals surface area contributed by atoms with Gasteiger partial charge in [0, 0.05) is 59.7 Å². The van der Waals surface area contributed by atoms with Crippen LogP contribution in [0.4, 0.5) is 5.69 Å². The molecule has 182 valence electrons. The first-order valence-corrected chi connectivity index (χ1v) is 12.4. The number of hydrogen-bond donors (Lipinski definition) is 2. The van der Waals surface area contributed by atoms with Crippen LogP contribution in [0.15, 0.2) is 72.9 Å². The number of imidazole rings is 1. The lowest BCUT2D eigenvalue weighted by molar-refractivity contribution is 0.0709. The van der Waals surface area contributed by atoms with E-state index in [9.17, 15) is 4.79 Å². The number of aromatic nitrogens is 3. The summed E-state index contributed by atoms with van der Waals surface area (Å²) >= 11 is 0. The number of aryl methyl sites for hydroxylation is 1. The fourth-order valence-electron chi connectivity index (χ4n) is 5.37. The third-order valence-corrected chi connectivity index (χ3v) is 7.20. The molecular weight excluding hydrogens is 448 g/mol. The van der Waals surface area contributed by atoms with Gasteiger partial charge in [-0.05, 0) is 61.7 Å². The second-order valence-electron chi connectivity index (χ2n) is 9.76. The van der Waals surface area contributed by atoms with Crippen LogP contribution in [0, 0.1) is 6.92 Å². The molecule has 1 aliphatic rings. The first-order chi connectivity index (χ1) is 17.5. The van der Waals surface area contributed by atoms with Crippen LogP contribution in [-0.2, 0) is 6.54 Å². The highest BCUT2D eigenvalue weighted by atomic mass is 16.2. The highest BCUT2D eigenvalue weighted by Gasteiger charge is 2.24. The summed E-state index contributed by atoms with van der Waals surface area (Å²) < 4.78 is 4.34. The lowest BCUT2D eigenvalue weighted by Gasteiger charge is -2.30. The molecule has 0 saturated carbocycles. The molecule has 4 N–H and O–H groups in total. The Balaban J connectivity index is 1.43. The number of likely N-dealkylation sites (tertiary alicyclic amines) is 1. The molecule has 0 bridgehead atoms. The van der Waals surface area contributed by atoms with Crippen molar-refractivity contribution in [1.29, 1.82) is 0 Å². The van der Waals surface area contributed by atoms with E-state index >= 15 is 0 Å². The maximum atomic E-state index is 13.2. The third-order valence-electron chi connectivity index (χ3n) is 7.20. The van der Waals surface area contributed by atoms with E-state index in [-0.39, 0.29) is 11.9 Å². The number of piperidine rings is 1. The number of carbonyl (C=O) groups excluding carboxylic acids is 1. The van der Waals surface area contributed by atoms with Gasteiger partial charge in [-0.3, -0.25) is 4.79 Å². The largest absolute Gasteiger partial charge is 0.399 e. The maximum absolute atomic E-state index is 13.2. The molecule has 0 aliphatic carbocycles. The number of fused-ring (bicyclic) bond motifs is 2. The van der Waals surface area contributed by atoms with Gasteiger partial charge in [0.05, 0.1) is 5.69 Å².